The average Bonchev–Trinajstić information content (AvgIpc) is 3.43. The maximum atomic E-state index is 6.15. The molecule has 1 saturated heterocycles. The van der Waals surface area contributed by atoms with Gasteiger partial charge in [-0.15, -0.1) is 35.3 Å². The van der Waals surface area contributed by atoms with Crippen LogP contribution in [0, 0.1) is 12.8 Å². The lowest BCUT2D eigenvalue weighted by atomic mass is 10.1. The fourth-order valence-electron chi connectivity index (χ4n) is 3.28. The lowest BCUT2D eigenvalue weighted by molar-refractivity contribution is 0.166. The third kappa shape index (κ3) is 7.74. The topological polar surface area (TPSA) is 54.9 Å². The Labute approximate surface area is 201 Å². The molecule has 30 heavy (non-hydrogen) atoms. The third-order valence-corrected chi connectivity index (χ3v) is 6.18. The highest BCUT2D eigenvalue weighted by Crippen LogP contribution is 2.24. The summed E-state index contributed by atoms with van der Waals surface area (Å²) in [5, 5.41) is 8.95. The number of guanidine groups is 1. The standard InChI is InChI=1S/C23H33N3O2S.HI/c1-4-24-23(25-13-18(3)22-6-5-11-29-22)26-14-20-8-7-17(2)12-21(20)28-16-19-9-10-27-15-19;/h5-8,11-12,18-19H,4,9-10,13-16H2,1-3H3,(H2,24,25,26);1H. The first kappa shape index (κ1) is 24.9. The predicted octanol–water partition coefficient (Wildman–Crippen LogP) is 4.95. The number of hydrogen-bond donors (Lipinski definition) is 2. The molecule has 5 nitrogen and oxygen atoms in total. The minimum absolute atomic E-state index is 0. The number of aliphatic imine (C=N–C) groups is 1. The van der Waals surface area contributed by atoms with E-state index < -0.39 is 0 Å². The molecular formula is C23H34IN3O2S. The Morgan fingerprint density at radius 3 is 2.90 bits per heavy atom. The van der Waals surface area contributed by atoms with Crippen LogP contribution in [-0.4, -0.2) is 38.9 Å². The molecule has 0 amide bonds. The number of aryl methyl sites for hydroxylation is 1. The van der Waals surface area contributed by atoms with Crippen molar-refractivity contribution in [1.82, 2.24) is 10.6 Å². The molecule has 0 saturated carbocycles. The summed E-state index contributed by atoms with van der Waals surface area (Å²) >= 11 is 1.80. The molecule has 1 aromatic heterocycles. The van der Waals surface area contributed by atoms with Crippen molar-refractivity contribution in [2.75, 3.05) is 32.9 Å². The Morgan fingerprint density at radius 1 is 1.33 bits per heavy atom. The molecule has 1 aliphatic rings. The zero-order valence-electron chi connectivity index (χ0n) is 18.1. The fraction of sp³-hybridized carbons (Fsp3) is 0.522. The van der Waals surface area contributed by atoms with Crippen molar-refractivity contribution in [2.45, 2.75) is 39.7 Å². The molecule has 166 valence electrons. The van der Waals surface area contributed by atoms with Gasteiger partial charge >= 0.3 is 0 Å². The summed E-state index contributed by atoms with van der Waals surface area (Å²) in [6, 6.07) is 10.6. The van der Waals surface area contributed by atoms with E-state index in [1.807, 2.05) is 0 Å². The number of benzene rings is 1. The van der Waals surface area contributed by atoms with Crippen LogP contribution in [0.5, 0.6) is 5.75 Å². The van der Waals surface area contributed by atoms with Crippen molar-refractivity contribution in [2.24, 2.45) is 10.9 Å². The second kappa shape index (κ2) is 13.2. The van der Waals surface area contributed by atoms with E-state index in [1.165, 1.54) is 10.4 Å². The maximum absolute atomic E-state index is 6.15. The first-order valence-electron chi connectivity index (χ1n) is 10.5. The smallest absolute Gasteiger partial charge is 0.191 e. The van der Waals surface area contributed by atoms with Gasteiger partial charge in [0.25, 0.3) is 0 Å². The number of halogens is 1. The van der Waals surface area contributed by atoms with Crippen LogP contribution in [0.2, 0.25) is 0 Å². The molecule has 7 heteroatoms. The number of hydrogen-bond acceptors (Lipinski definition) is 4. The number of thiophene rings is 1. The molecule has 1 aromatic carbocycles. The molecule has 0 spiro atoms. The fourth-order valence-corrected chi connectivity index (χ4v) is 4.06. The first-order valence-corrected chi connectivity index (χ1v) is 11.4. The van der Waals surface area contributed by atoms with Gasteiger partial charge in [-0.3, -0.25) is 0 Å². The van der Waals surface area contributed by atoms with Gasteiger partial charge in [-0.05, 0) is 43.3 Å². The number of ether oxygens (including phenoxy) is 2. The highest BCUT2D eigenvalue weighted by molar-refractivity contribution is 14.0. The van der Waals surface area contributed by atoms with Crippen LogP contribution in [0.1, 0.15) is 42.2 Å². The first-order chi connectivity index (χ1) is 14.2. The van der Waals surface area contributed by atoms with Gasteiger partial charge < -0.3 is 20.1 Å². The molecule has 1 fully saturated rings. The Balaban J connectivity index is 0.00000320. The number of rotatable bonds is 9. The molecule has 1 aliphatic heterocycles. The zero-order chi connectivity index (χ0) is 20.5. The van der Waals surface area contributed by atoms with Gasteiger partial charge in [-0.2, -0.15) is 0 Å². The van der Waals surface area contributed by atoms with Gasteiger partial charge in [0.15, 0.2) is 5.96 Å². The van der Waals surface area contributed by atoms with E-state index >= 15 is 0 Å². The third-order valence-electron chi connectivity index (χ3n) is 5.08. The lowest BCUT2D eigenvalue weighted by Crippen LogP contribution is -2.39. The number of nitrogens with zero attached hydrogens (tertiary/aromatic N) is 1. The lowest BCUT2D eigenvalue weighted by Gasteiger charge is -2.16. The SMILES string of the molecule is CCNC(=NCc1ccc(C)cc1OCC1CCOC1)NCC(C)c1cccs1.I. The van der Waals surface area contributed by atoms with Crippen molar-refractivity contribution in [3.8, 4) is 5.75 Å². The summed E-state index contributed by atoms with van der Waals surface area (Å²) in [5.74, 6) is 2.71. The quantitative estimate of drug-likeness (QED) is 0.267. The summed E-state index contributed by atoms with van der Waals surface area (Å²) in [6.45, 7) is 11.0. The molecule has 0 aliphatic carbocycles. The minimum atomic E-state index is 0. The maximum Gasteiger partial charge on any atom is 0.191 e. The van der Waals surface area contributed by atoms with Crippen molar-refractivity contribution in [1.29, 1.82) is 0 Å². The van der Waals surface area contributed by atoms with Crippen molar-refractivity contribution in [3.05, 3.63) is 51.7 Å². The van der Waals surface area contributed by atoms with Crippen molar-refractivity contribution in [3.63, 3.8) is 0 Å². The molecule has 2 heterocycles. The Morgan fingerprint density at radius 2 is 2.20 bits per heavy atom. The van der Waals surface area contributed by atoms with E-state index in [1.54, 1.807) is 11.3 Å². The van der Waals surface area contributed by atoms with Gasteiger partial charge in [-0.25, -0.2) is 4.99 Å². The van der Waals surface area contributed by atoms with E-state index in [0.717, 1.165) is 50.0 Å². The second-order valence-electron chi connectivity index (χ2n) is 7.64. The van der Waals surface area contributed by atoms with E-state index in [4.69, 9.17) is 14.5 Å². The molecule has 2 atom stereocenters. The van der Waals surface area contributed by atoms with Crippen LogP contribution in [0.25, 0.3) is 0 Å². The summed E-state index contributed by atoms with van der Waals surface area (Å²) in [7, 11) is 0. The van der Waals surface area contributed by atoms with Gasteiger partial charge in [-0.1, -0.05) is 25.1 Å². The van der Waals surface area contributed by atoms with Crippen LogP contribution in [-0.2, 0) is 11.3 Å². The summed E-state index contributed by atoms with van der Waals surface area (Å²) in [6.07, 6.45) is 1.08. The molecule has 2 aromatic rings. The van der Waals surface area contributed by atoms with Crippen LogP contribution < -0.4 is 15.4 Å². The normalized spacial score (nSPS) is 17.3. The predicted molar refractivity (Wildman–Crippen MR) is 137 cm³/mol. The summed E-state index contributed by atoms with van der Waals surface area (Å²) in [4.78, 5) is 6.19. The molecule has 2 N–H and O–H groups in total. The monoisotopic (exact) mass is 543 g/mol. The average molecular weight is 544 g/mol. The van der Waals surface area contributed by atoms with Gasteiger partial charge in [0, 0.05) is 42.0 Å². The molecular weight excluding hydrogens is 509 g/mol. The van der Waals surface area contributed by atoms with Crippen LogP contribution >= 0.6 is 35.3 Å². The van der Waals surface area contributed by atoms with Crippen LogP contribution in [0.15, 0.2) is 40.7 Å². The Kier molecular flexibility index (Phi) is 11.0. The van der Waals surface area contributed by atoms with E-state index in [9.17, 15) is 0 Å². The molecule has 2 unspecified atom stereocenters. The zero-order valence-corrected chi connectivity index (χ0v) is 21.3. The van der Waals surface area contributed by atoms with E-state index in [-0.39, 0.29) is 24.0 Å². The van der Waals surface area contributed by atoms with E-state index in [0.29, 0.717) is 25.0 Å². The van der Waals surface area contributed by atoms with Crippen LogP contribution in [0.3, 0.4) is 0 Å². The van der Waals surface area contributed by atoms with Gasteiger partial charge in [0.1, 0.15) is 5.75 Å². The van der Waals surface area contributed by atoms with Gasteiger partial charge in [0.2, 0.25) is 0 Å². The minimum Gasteiger partial charge on any atom is -0.493 e. The highest BCUT2D eigenvalue weighted by atomic mass is 127. The van der Waals surface area contributed by atoms with Crippen molar-refractivity contribution >= 4 is 41.3 Å². The van der Waals surface area contributed by atoms with Crippen LogP contribution in [0.4, 0.5) is 0 Å². The second-order valence-corrected chi connectivity index (χ2v) is 8.62. The Hall–Kier alpha value is -1.32. The number of nitrogens with one attached hydrogen (secondary N) is 2. The molecule has 3 rings (SSSR count). The largest absolute Gasteiger partial charge is 0.493 e. The Bertz CT molecular complexity index is 777. The van der Waals surface area contributed by atoms with Gasteiger partial charge in [0.05, 0.1) is 19.8 Å². The highest BCUT2D eigenvalue weighted by Gasteiger charge is 2.17. The molecule has 0 radical (unpaired) electrons. The van der Waals surface area contributed by atoms with E-state index in [2.05, 4.69) is 67.1 Å². The summed E-state index contributed by atoms with van der Waals surface area (Å²) in [5.41, 5.74) is 2.31. The molecule has 0 bridgehead atoms. The van der Waals surface area contributed by atoms with Crippen molar-refractivity contribution < 1.29 is 9.47 Å². The summed E-state index contributed by atoms with van der Waals surface area (Å²) < 4.78 is 11.6.